The van der Waals surface area contributed by atoms with Gasteiger partial charge in [0, 0.05) is 29.7 Å². The second-order valence-corrected chi connectivity index (χ2v) is 5.00. The molecule has 3 N–H and O–H groups in total. The summed E-state index contributed by atoms with van der Waals surface area (Å²) in [5.41, 5.74) is 5.95. The number of nitrogens with one attached hydrogen (secondary N) is 1. The van der Waals surface area contributed by atoms with E-state index in [1.807, 2.05) is 35.0 Å². The number of amides is 2. The molecule has 0 aliphatic heterocycles. The average Bonchev–Trinajstić information content (AvgIpc) is 2.77. The molecule has 0 radical (unpaired) electrons. The molecular formula is C14H16ClN3O2. The minimum atomic E-state index is -0.356. The number of primary amides is 1. The predicted octanol–water partition coefficient (Wildman–Crippen LogP) is 1.68. The van der Waals surface area contributed by atoms with Crippen molar-refractivity contribution in [2.24, 2.45) is 5.73 Å². The summed E-state index contributed by atoms with van der Waals surface area (Å²) in [5.74, 6) is -0.461. The first kappa shape index (κ1) is 14.4. The zero-order chi connectivity index (χ0) is 14.5. The predicted molar refractivity (Wildman–Crippen MR) is 78.4 cm³/mol. The van der Waals surface area contributed by atoms with Gasteiger partial charge in [-0.15, -0.1) is 0 Å². The van der Waals surface area contributed by atoms with E-state index in [1.165, 1.54) is 0 Å². The SMILES string of the molecule is NC(=O)CCCNC(=O)Cn1ccc2ccc(Cl)cc21. The summed E-state index contributed by atoms with van der Waals surface area (Å²) in [6.07, 6.45) is 2.69. The molecule has 0 bridgehead atoms. The number of nitrogens with two attached hydrogens (primary N) is 1. The van der Waals surface area contributed by atoms with Gasteiger partial charge in [-0.3, -0.25) is 9.59 Å². The molecule has 2 amide bonds. The van der Waals surface area contributed by atoms with Gasteiger partial charge >= 0.3 is 0 Å². The standard InChI is InChI=1S/C14H16ClN3O2/c15-11-4-3-10-5-7-18(12(10)8-11)9-14(20)17-6-1-2-13(16)19/h3-5,7-8H,1-2,6,9H2,(H2,16,19)(H,17,20). The molecular weight excluding hydrogens is 278 g/mol. The van der Waals surface area contributed by atoms with Crippen molar-refractivity contribution in [1.29, 1.82) is 0 Å². The Hall–Kier alpha value is -2.01. The summed E-state index contributed by atoms with van der Waals surface area (Å²) in [7, 11) is 0. The molecule has 1 aromatic carbocycles. The number of hydrogen-bond donors (Lipinski definition) is 2. The third-order valence-electron chi connectivity index (χ3n) is 2.97. The van der Waals surface area contributed by atoms with Crippen molar-refractivity contribution in [2.45, 2.75) is 19.4 Å². The van der Waals surface area contributed by atoms with Crippen LogP contribution < -0.4 is 11.1 Å². The Kier molecular flexibility index (Phi) is 4.63. The van der Waals surface area contributed by atoms with Gasteiger partial charge in [-0.1, -0.05) is 17.7 Å². The lowest BCUT2D eigenvalue weighted by molar-refractivity contribution is -0.122. The van der Waals surface area contributed by atoms with Gasteiger partial charge in [0.25, 0.3) is 0 Å². The third-order valence-corrected chi connectivity index (χ3v) is 3.21. The fraction of sp³-hybridized carbons (Fsp3) is 0.286. The second-order valence-electron chi connectivity index (χ2n) is 4.57. The topological polar surface area (TPSA) is 77.1 Å². The van der Waals surface area contributed by atoms with E-state index >= 15 is 0 Å². The van der Waals surface area contributed by atoms with Crippen molar-refractivity contribution in [1.82, 2.24) is 9.88 Å². The molecule has 1 heterocycles. The molecule has 0 atom stereocenters. The molecule has 0 saturated heterocycles. The molecule has 1 aromatic heterocycles. The van der Waals surface area contributed by atoms with Crippen LogP contribution in [-0.2, 0) is 16.1 Å². The van der Waals surface area contributed by atoms with E-state index in [4.69, 9.17) is 17.3 Å². The second kappa shape index (κ2) is 6.43. The number of fused-ring (bicyclic) bond motifs is 1. The maximum absolute atomic E-state index is 11.8. The van der Waals surface area contributed by atoms with E-state index in [2.05, 4.69) is 5.32 Å². The first-order valence-corrected chi connectivity index (χ1v) is 6.73. The van der Waals surface area contributed by atoms with E-state index < -0.39 is 0 Å². The maximum Gasteiger partial charge on any atom is 0.239 e. The number of halogens is 1. The molecule has 20 heavy (non-hydrogen) atoms. The number of carbonyl (C=O) groups excluding carboxylic acids is 2. The molecule has 0 fully saturated rings. The van der Waals surface area contributed by atoms with Gasteiger partial charge in [-0.25, -0.2) is 0 Å². The highest BCUT2D eigenvalue weighted by Crippen LogP contribution is 2.20. The summed E-state index contributed by atoms with van der Waals surface area (Å²) >= 11 is 5.96. The molecule has 0 spiro atoms. The summed E-state index contributed by atoms with van der Waals surface area (Å²) in [4.78, 5) is 22.4. The van der Waals surface area contributed by atoms with Crippen LogP contribution in [0.25, 0.3) is 10.9 Å². The summed E-state index contributed by atoms with van der Waals surface area (Å²) < 4.78 is 1.84. The Bertz CT molecular complexity index is 636. The van der Waals surface area contributed by atoms with Crippen molar-refractivity contribution in [3.8, 4) is 0 Å². The first-order chi connectivity index (χ1) is 9.56. The Morgan fingerprint density at radius 1 is 1.30 bits per heavy atom. The first-order valence-electron chi connectivity index (χ1n) is 6.35. The normalized spacial score (nSPS) is 10.7. The monoisotopic (exact) mass is 293 g/mol. The van der Waals surface area contributed by atoms with E-state index in [9.17, 15) is 9.59 Å². The van der Waals surface area contributed by atoms with Crippen LogP contribution >= 0.6 is 11.6 Å². The molecule has 2 aromatic rings. The van der Waals surface area contributed by atoms with Crippen LogP contribution in [0, 0.1) is 0 Å². The molecule has 106 valence electrons. The number of aromatic nitrogens is 1. The lowest BCUT2D eigenvalue weighted by atomic mass is 10.2. The number of nitrogens with zero attached hydrogens (tertiary/aromatic N) is 1. The Morgan fingerprint density at radius 3 is 2.85 bits per heavy atom. The van der Waals surface area contributed by atoms with Crippen LogP contribution in [0.1, 0.15) is 12.8 Å². The molecule has 5 nitrogen and oxygen atoms in total. The Balaban J connectivity index is 1.93. The lowest BCUT2D eigenvalue weighted by Crippen LogP contribution is -2.28. The fourth-order valence-electron chi connectivity index (χ4n) is 2.00. The highest BCUT2D eigenvalue weighted by Gasteiger charge is 2.06. The highest BCUT2D eigenvalue weighted by molar-refractivity contribution is 6.31. The van der Waals surface area contributed by atoms with Crippen LogP contribution in [0.3, 0.4) is 0 Å². The summed E-state index contributed by atoms with van der Waals surface area (Å²) in [6, 6.07) is 7.50. The number of hydrogen-bond acceptors (Lipinski definition) is 2. The smallest absolute Gasteiger partial charge is 0.239 e. The van der Waals surface area contributed by atoms with E-state index in [-0.39, 0.29) is 24.8 Å². The zero-order valence-electron chi connectivity index (χ0n) is 10.9. The van der Waals surface area contributed by atoms with Gasteiger partial charge in [0.05, 0.1) is 0 Å². The molecule has 0 aliphatic rings. The molecule has 2 rings (SSSR count). The summed E-state index contributed by atoms with van der Waals surface area (Å²) in [5, 5.41) is 4.43. The minimum Gasteiger partial charge on any atom is -0.370 e. The Labute approximate surface area is 121 Å². The average molecular weight is 294 g/mol. The van der Waals surface area contributed by atoms with E-state index in [0.717, 1.165) is 10.9 Å². The largest absolute Gasteiger partial charge is 0.370 e. The van der Waals surface area contributed by atoms with Gasteiger partial charge in [0.15, 0.2) is 0 Å². The van der Waals surface area contributed by atoms with Crippen molar-refractivity contribution in [3.05, 3.63) is 35.5 Å². The fourth-order valence-corrected chi connectivity index (χ4v) is 2.16. The van der Waals surface area contributed by atoms with Crippen molar-refractivity contribution < 1.29 is 9.59 Å². The number of benzene rings is 1. The zero-order valence-corrected chi connectivity index (χ0v) is 11.7. The van der Waals surface area contributed by atoms with Crippen LogP contribution in [0.5, 0.6) is 0 Å². The van der Waals surface area contributed by atoms with Crippen molar-refractivity contribution >= 4 is 34.3 Å². The maximum atomic E-state index is 11.8. The molecule has 0 aliphatic carbocycles. The van der Waals surface area contributed by atoms with Gasteiger partial charge in [-0.2, -0.15) is 0 Å². The van der Waals surface area contributed by atoms with E-state index in [1.54, 1.807) is 0 Å². The Morgan fingerprint density at radius 2 is 2.10 bits per heavy atom. The molecule has 0 unspecified atom stereocenters. The summed E-state index contributed by atoms with van der Waals surface area (Å²) in [6.45, 7) is 0.669. The lowest BCUT2D eigenvalue weighted by Gasteiger charge is -2.07. The minimum absolute atomic E-state index is 0.105. The number of carbonyl (C=O) groups is 2. The quantitative estimate of drug-likeness (QED) is 0.795. The number of rotatable bonds is 6. The van der Waals surface area contributed by atoms with Gasteiger partial charge in [0.1, 0.15) is 6.54 Å². The van der Waals surface area contributed by atoms with Crippen LogP contribution in [0.2, 0.25) is 5.02 Å². The van der Waals surface area contributed by atoms with Crippen LogP contribution in [-0.4, -0.2) is 22.9 Å². The molecule has 0 saturated carbocycles. The van der Waals surface area contributed by atoms with Gasteiger partial charge < -0.3 is 15.6 Å². The van der Waals surface area contributed by atoms with Crippen LogP contribution in [0.15, 0.2) is 30.5 Å². The van der Waals surface area contributed by atoms with Crippen LogP contribution in [0.4, 0.5) is 0 Å². The van der Waals surface area contributed by atoms with Gasteiger partial charge in [0.2, 0.25) is 11.8 Å². The van der Waals surface area contributed by atoms with Crippen molar-refractivity contribution in [3.63, 3.8) is 0 Å². The van der Waals surface area contributed by atoms with Gasteiger partial charge in [-0.05, 0) is 30.0 Å². The van der Waals surface area contributed by atoms with Crippen molar-refractivity contribution in [2.75, 3.05) is 6.54 Å². The molecule has 6 heteroatoms. The highest BCUT2D eigenvalue weighted by atomic mass is 35.5. The third kappa shape index (κ3) is 3.74. The van der Waals surface area contributed by atoms with E-state index in [0.29, 0.717) is 18.0 Å².